The average Bonchev–Trinajstić information content (AvgIpc) is 3.32. The van der Waals surface area contributed by atoms with Crippen molar-refractivity contribution in [1.82, 2.24) is 10.2 Å². The van der Waals surface area contributed by atoms with Crippen molar-refractivity contribution in [3.8, 4) is 0 Å². The van der Waals surface area contributed by atoms with Crippen LogP contribution in [0.2, 0.25) is 0 Å². The van der Waals surface area contributed by atoms with Gasteiger partial charge in [-0.05, 0) is 36.8 Å². The lowest BCUT2D eigenvalue weighted by Crippen LogP contribution is -2.30. The standard InChI is InChI=1S/C20H20N2O7/c1-27-8-3-7-21-17(23)12-29-20(26)13-5-6-15-16(10-13)19(25)22(18(15)24)11-14-4-2-9-28-14/h2,4-6,9-10H,3,7-8,11-12H2,1H3,(H,21,23). The summed E-state index contributed by atoms with van der Waals surface area (Å²) in [6.45, 7) is 0.479. The van der Waals surface area contributed by atoms with Gasteiger partial charge in [-0.2, -0.15) is 0 Å². The van der Waals surface area contributed by atoms with Crippen molar-refractivity contribution >= 4 is 23.7 Å². The fourth-order valence-electron chi connectivity index (χ4n) is 2.83. The summed E-state index contributed by atoms with van der Waals surface area (Å²) in [5.74, 6) is -1.71. The molecule has 2 aromatic rings. The van der Waals surface area contributed by atoms with E-state index in [1.807, 2.05) is 0 Å². The summed E-state index contributed by atoms with van der Waals surface area (Å²) < 4.78 is 15.0. The Morgan fingerprint density at radius 2 is 1.93 bits per heavy atom. The summed E-state index contributed by atoms with van der Waals surface area (Å²) in [4.78, 5) is 50.0. The molecule has 1 aromatic carbocycles. The lowest BCUT2D eigenvalue weighted by atomic mass is 10.1. The van der Waals surface area contributed by atoms with E-state index >= 15 is 0 Å². The van der Waals surface area contributed by atoms with E-state index in [1.165, 1.54) is 24.5 Å². The Hall–Kier alpha value is -3.46. The molecule has 3 amide bonds. The highest BCUT2D eigenvalue weighted by atomic mass is 16.5. The van der Waals surface area contributed by atoms with Crippen molar-refractivity contribution in [2.24, 2.45) is 0 Å². The normalized spacial score (nSPS) is 12.8. The van der Waals surface area contributed by atoms with E-state index in [2.05, 4.69) is 5.32 Å². The van der Waals surface area contributed by atoms with Gasteiger partial charge in [-0.15, -0.1) is 0 Å². The Morgan fingerprint density at radius 3 is 2.66 bits per heavy atom. The monoisotopic (exact) mass is 400 g/mol. The summed E-state index contributed by atoms with van der Waals surface area (Å²) in [5, 5.41) is 2.60. The third kappa shape index (κ3) is 4.69. The van der Waals surface area contributed by atoms with E-state index in [4.69, 9.17) is 13.9 Å². The van der Waals surface area contributed by atoms with Gasteiger partial charge in [0.25, 0.3) is 17.7 Å². The molecule has 9 nitrogen and oxygen atoms in total. The molecule has 0 atom stereocenters. The van der Waals surface area contributed by atoms with Crippen LogP contribution in [-0.4, -0.2) is 55.5 Å². The van der Waals surface area contributed by atoms with Crippen LogP contribution >= 0.6 is 0 Å². The van der Waals surface area contributed by atoms with Crippen LogP contribution in [0.3, 0.4) is 0 Å². The van der Waals surface area contributed by atoms with Crippen LogP contribution in [0.15, 0.2) is 41.0 Å². The second kappa shape index (κ2) is 9.16. The first-order chi connectivity index (χ1) is 14.0. The maximum absolute atomic E-state index is 12.6. The van der Waals surface area contributed by atoms with E-state index in [1.54, 1.807) is 19.2 Å². The molecule has 2 heterocycles. The number of benzene rings is 1. The smallest absolute Gasteiger partial charge is 0.338 e. The minimum absolute atomic E-state index is 0.00235. The highest BCUT2D eigenvalue weighted by Gasteiger charge is 2.36. The topological polar surface area (TPSA) is 115 Å². The molecular formula is C20H20N2O7. The van der Waals surface area contributed by atoms with Crippen LogP contribution in [0.4, 0.5) is 0 Å². The Kier molecular flexibility index (Phi) is 6.40. The lowest BCUT2D eigenvalue weighted by molar-refractivity contribution is -0.124. The molecule has 0 saturated heterocycles. The first-order valence-electron chi connectivity index (χ1n) is 8.96. The van der Waals surface area contributed by atoms with Crippen LogP contribution in [0, 0.1) is 0 Å². The molecular weight excluding hydrogens is 380 g/mol. The molecule has 0 fully saturated rings. The van der Waals surface area contributed by atoms with Crippen LogP contribution in [0.5, 0.6) is 0 Å². The maximum Gasteiger partial charge on any atom is 0.338 e. The Labute approximate surface area is 166 Å². The second-order valence-electron chi connectivity index (χ2n) is 6.31. The summed E-state index contributed by atoms with van der Waals surface area (Å²) in [6, 6.07) is 7.41. The number of furan rings is 1. The summed E-state index contributed by atoms with van der Waals surface area (Å²) in [5.41, 5.74) is 0.394. The number of carbonyl (C=O) groups is 4. The largest absolute Gasteiger partial charge is 0.467 e. The molecule has 0 aliphatic carbocycles. The average molecular weight is 400 g/mol. The quantitative estimate of drug-likeness (QED) is 0.384. The number of carbonyl (C=O) groups excluding carboxylic acids is 4. The maximum atomic E-state index is 12.6. The van der Waals surface area contributed by atoms with Crippen molar-refractivity contribution < 1.29 is 33.1 Å². The van der Waals surface area contributed by atoms with Gasteiger partial charge in [0.1, 0.15) is 5.76 Å². The number of amides is 3. The van der Waals surface area contributed by atoms with E-state index in [0.717, 1.165) is 4.90 Å². The summed E-state index contributed by atoms with van der Waals surface area (Å²) >= 11 is 0. The van der Waals surface area contributed by atoms with E-state index in [0.29, 0.717) is 25.3 Å². The van der Waals surface area contributed by atoms with Crippen molar-refractivity contribution in [1.29, 1.82) is 0 Å². The van der Waals surface area contributed by atoms with Gasteiger partial charge < -0.3 is 19.2 Å². The first-order valence-corrected chi connectivity index (χ1v) is 8.96. The SMILES string of the molecule is COCCCNC(=O)COC(=O)c1ccc2c(c1)C(=O)N(Cc1ccco1)C2=O. The second-order valence-corrected chi connectivity index (χ2v) is 6.31. The number of hydrogen-bond acceptors (Lipinski definition) is 7. The predicted octanol–water partition coefficient (Wildman–Crippen LogP) is 1.39. The Bertz CT molecular complexity index is 921. The molecule has 0 bridgehead atoms. The van der Waals surface area contributed by atoms with E-state index < -0.39 is 30.3 Å². The number of ether oxygens (including phenoxy) is 2. The molecule has 29 heavy (non-hydrogen) atoms. The zero-order chi connectivity index (χ0) is 20.8. The van der Waals surface area contributed by atoms with Gasteiger partial charge in [-0.25, -0.2) is 4.79 Å². The zero-order valence-electron chi connectivity index (χ0n) is 15.8. The Morgan fingerprint density at radius 1 is 1.14 bits per heavy atom. The molecule has 0 unspecified atom stereocenters. The van der Waals surface area contributed by atoms with E-state index in [-0.39, 0.29) is 23.2 Å². The van der Waals surface area contributed by atoms with Gasteiger partial charge in [-0.3, -0.25) is 19.3 Å². The van der Waals surface area contributed by atoms with Crippen molar-refractivity contribution in [3.63, 3.8) is 0 Å². The fourth-order valence-corrected chi connectivity index (χ4v) is 2.83. The van der Waals surface area contributed by atoms with Gasteiger partial charge in [0, 0.05) is 20.3 Å². The molecule has 0 saturated carbocycles. The van der Waals surface area contributed by atoms with Crippen LogP contribution in [0.25, 0.3) is 0 Å². The lowest BCUT2D eigenvalue weighted by Gasteiger charge is -2.11. The highest BCUT2D eigenvalue weighted by molar-refractivity contribution is 6.21. The van der Waals surface area contributed by atoms with Crippen molar-refractivity contribution in [2.75, 3.05) is 26.9 Å². The summed E-state index contributed by atoms with van der Waals surface area (Å²) in [6.07, 6.45) is 2.10. The molecule has 3 rings (SSSR count). The molecule has 0 radical (unpaired) electrons. The third-order valence-electron chi connectivity index (χ3n) is 4.28. The number of esters is 1. The minimum Gasteiger partial charge on any atom is -0.467 e. The number of fused-ring (bicyclic) bond motifs is 1. The predicted molar refractivity (Wildman–Crippen MR) is 99.1 cm³/mol. The first kappa shape index (κ1) is 20.3. The van der Waals surface area contributed by atoms with Gasteiger partial charge in [0.2, 0.25) is 0 Å². The molecule has 1 aliphatic heterocycles. The molecule has 1 N–H and O–H groups in total. The third-order valence-corrected chi connectivity index (χ3v) is 4.28. The Balaban J connectivity index is 1.60. The number of nitrogens with one attached hydrogen (secondary N) is 1. The van der Waals surface area contributed by atoms with Gasteiger partial charge in [0.15, 0.2) is 6.61 Å². The van der Waals surface area contributed by atoms with Crippen LogP contribution in [0.1, 0.15) is 43.3 Å². The highest BCUT2D eigenvalue weighted by Crippen LogP contribution is 2.26. The molecule has 1 aliphatic rings. The number of imide groups is 1. The molecule has 9 heteroatoms. The fraction of sp³-hybridized carbons (Fsp3) is 0.300. The van der Waals surface area contributed by atoms with E-state index in [9.17, 15) is 19.2 Å². The molecule has 0 spiro atoms. The van der Waals surface area contributed by atoms with Crippen LogP contribution in [-0.2, 0) is 20.8 Å². The number of nitrogens with zero attached hydrogens (tertiary/aromatic N) is 1. The van der Waals surface area contributed by atoms with Gasteiger partial charge in [-0.1, -0.05) is 0 Å². The van der Waals surface area contributed by atoms with Crippen molar-refractivity contribution in [3.05, 3.63) is 59.0 Å². The number of rotatable bonds is 9. The summed E-state index contributed by atoms with van der Waals surface area (Å²) in [7, 11) is 1.56. The van der Waals surface area contributed by atoms with Crippen LogP contribution < -0.4 is 5.32 Å². The molecule has 1 aromatic heterocycles. The van der Waals surface area contributed by atoms with Gasteiger partial charge >= 0.3 is 5.97 Å². The van der Waals surface area contributed by atoms with Gasteiger partial charge in [0.05, 0.1) is 29.5 Å². The zero-order valence-corrected chi connectivity index (χ0v) is 15.8. The van der Waals surface area contributed by atoms with Crippen molar-refractivity contribution in [2.45, 2.75) is 13.0 Å². The molecule has 152 valence electrons. The number of hydrogen-bond donors (Lipinski definition) is 1. The minimum atomic E-state index is -0.760. The number of methoxy groups -OCH3 is 1.